The molecule has 0 saturated carbocycles. The van der Waals surface area contributed by atoms with Crippen LogP contribution < -0.4 is 5.32 Å². The van der Waals surface area contributed by atoms with Crippen molar-refractivity contribution in [2.24, 2.45) is 0 Å². The van der Waals surface area contributed by atoms with Crippen LogP contribution in [0.15, 0.2) is 24.3 Å². The number of carboxylic acids is 1. The van der Waals surface area contributed by atoms with Crippen LogP contribution in [0.5, 0.6) is 0 Å². The molecule has 0 amide bonds. The van der Waals surface area contributed by atoms with Crippen LogP contribution in [-0.4, -0.2) is 21.9 Å². The summed E-state index contributed by atoms with van der Waals surface area (Å²) in [6, 6.07) is 7.69. The van der Waals surface area contributed by atoms with Crippen molar-refractivity contribution in [2.75, 3.05) is 0 Å². The molecule has 1 saturated heterocycles. The average Bonchev–Trinajstić information content (AvgIpc) is 2.54. The quantitative estimate of drug-likeness (QED) is 0.848. The van der Waals surface area contributed by atoms with Gasteiger partial charge in [-0.3, -0.25) is 10.1 Å². The largest absolute Gasteiger partial charge is 0.480 e. The minimum absolute atomic E-state index is 0.0611. The van der Waals surface area contributed by atoms with Gasteiger partial charge >= 0.3 is 5.97 Å². The normalized spacial score (nSPS) is 27.0. The Morgan fingerprint density at radius 1 is 1.47 bits per heavy atom. The Hall–Kier alpha value is -1.00. The van der Waals surface area contributed by atoms with E-state index in [-0.39, 0.29) is 10.1 Å². The predicted molar refractivity (Wildman–Crippen MR) is 70.1 cm³/mol. The number of thioether (sulfide) groups is 1. The fraction of sp³-hybridized carbons (Fsp3) is 0.462. The molecule has 1 fully saturated rings. The molecule has 4 heteroatoms. The maximum Gasteiger partial charge on any atom is 0.322 e. The van der Waals surface area contributed by atoms with E-state index in [2.05, 4.69) is 11.4 Å². The number of rotatable bonds is 2. The molecule has 0 aliphatic carbocycles. The highest BCUT2D eigenvalue weighted by Crippen LogP contribution is 2.45. The van der Waals surface area contributed by atoms with Crippen molar-refractivity contribution < 1.29 is 9.90 Å². The van der Waals surface area contributed by atoms with Gasteiger partial charge in [-0.15, -0.1) is 11.8 Å². The molecular weight excluding hydrogens is 234 g/mol. The lowest BCUT2D eigenvalue weighted by atomic mass is 10.0. The molecule has 1 aromatic carbocycles. The third-order valence-corrected chi connectivity index (χ3v) is 4.51. The first-order chi connectivity index (χ1) is 7.90. The van der Waals surface area contributed by atoms with E-state index in [1.807, 2.05) is 39.0 Å². The molecule has 2 atom stereocenters. The number of benzene rings is 1. The summed E-state index contributed by atoms with van der Waals surface area (Å²) in [6.45, 7) is 5.99. The summed E-state index contributed by atoms with van der Waals surface area (Å²) in [7, 11) is 0. The zero-order valence-electron chi connectivity index (χ0n) is 10.2. The van der Waals surface area contributed by atoms with Gasteiger partial charge in [-0.05, 0) is 26.3 Å². The summed E-state index contributed by atoms with van der Waals surface area (Å²) >= 11 is 1.67. The molecule has 1 heterocycles. The van der Waals surface area contributed by atoms with Gasteiger partial charge in [0.15, 0.2) is 0 Å². The van der Waals surface area contributed by atoms with E-state index in [0.717, 1.165) is 5.56 Å². The van der Waals surface area contributed by atoms with Crippen molar-refractivity contribution in [2.45, 2.75) is 36.9 Å². The van der Waals surface area contributed by atoms with E-state index in [1.165, 1.54) is 5.56 Å². The Labute approximate surface area is 106 Å². The number of aryl methyl sites for hydroxylation is 1. The Morgan fingerprint density at radius 3 is 2.71 bits per heavy atom. The second-order valence-electron chi connectivity index (χ2n) is 4.95. The lowest BCUT2D eigenvalue weighted by molar-refractivity contribution is -0.139. The minimum atomic E-state index is -0.780. The summed E-state index contributed by atoms with van der Waals surface area (Å²) < 4.78 is -0.291. The van der Waals surface area contributed by atoms with E-state index in [0.29, 0.717) is 0 Å². The van der Waals surface area contributed by atoms with Crippen LogP contribution >= 0.6 is 11.8 Å². The number of carbonyl (C=O) groups is 1. The van der Waals surface area contributed by atoms with Crippen molar-refractivity contribution in [1.82, 2.24) is 5.32 Å². The molecule has 3 nitrogen and oxygen atoms in total. The molecule has 0 radical (unpaired) electrons. The molecule has 0 aromatic heterocycles. The second kappa shape index (κ2) is 4.35. The standard InChI is InChI=1S/C13H17NO2S/c1-8-5-4-6-9(7-8)11-14-10(12(15)16)13(2,3)17-11/h4-7,10-11,14H,1-3H3,(H,15,16). The molecule has 1 aliphatic rings. The van der Waals surface area contributed by atoms with Gasteiger partial charge in [0.2, 0.25) is 0 Å². The Balaban J connectivity index is 2.24. The zero-order valence-corrected chi connectivity index (χ0v) is 11.0. The van der Waals surface area contributed by atoms with Crippen LogP contribution in [0.4, 0.5) is 0 Å². The molecule has 92 valence electrons. The SMILES string of the molecule is Cc1cccc(C2NC(C(=O)O)C(C)(C)S2)c1. The summed E-state index contributed by atoms with van der Waals surface area (Å²) in [5.41, 5.74) is 2.34. The lowest BCUT2D eigenvalue weighted by Gasteiger charge is -2.20. The van der Waals surface area contributed by atoms with Gasteiger partial charge in [-0.1, -0.05) is 29.8 Å². The van der Waals surface area contributed by atoms with E-state index >= 15 is 0 Å². The maximum absolute atomic E-state index is 11.2. The van der Waals surface area contributed by atoms with E-state index < -0.39 is 12.0 Å². The maximum atomic E-state index is 11.2. The molecule has 1 aromatic rings. The first-order valence-corrected chi connectivity index (χ1v) is 6.51. The first-order valence-electron chi connectivity index (χ1n) is 5.63. The van der Waals surface area contributed by atoms with E-state index in [4.69, 9.17) is 0 Å². The van der Waals surface area contributed by atoms with Crippen LogP contribution in [0.2, 0.25) is 0 Å². The van der Waals surface area contributed by atoms with E-state index in [1.54, 1.807) is 11.8 Å². The van der Waals surface area contributed by atoms with Gasteiger partial charge in [-0.25, -0.2) is 0 Å². The number of aliphatic carboxylic acids is 1. The fourth-order valence-corrected chi connectivity index (χ4v) is 3.52. The zero-order chi connectivity index (χ0) is 12.6. The Morgan fingerprint density at radius 2 is 2.18 bits per heavy atom. The second-order valence-corrected chi connectivity index (χ2v) is 6.71. The van der Waals surface area contributed by atoms with E-state index in [9.17, 15) is 9.90 Å². The molecule has 0 spiro atoms. The molecule has 2 N–H and O–H groups in total. The van der Waals surface area contributed by atoms with Gasteiger partial charge in [0.25, 0.3) is 0 Å². The average molecular weight is 251 g/mol. The molecule has 1 aliphatic heterocycles. The van der Waals surface area contributed by atoms with Crippen molar-refractivity contribution in [3.05, 3.63) is 35.4 Å². The molecule has 2 rings (SSSR count). The number of nitrogens with one attached hydrogen (secondary N) is 1. The van der Waals surface area contributed by atoms with Gasteiger partial charge < -0.3 is 5.11 Å². The minimum Gasteiger partial charge on any atom is -0.480 e. The van der Waals surface area contributed by atoms with Crippen LogP contribution in [0.1, 0.15) is 30.3 Å². The monoisotopic (exact) mass is 251 g/mol. The molecule has 17 heavy (non-hydrogen) atoms. The summed E-state index contributed by atoms with van der Waals surface area (Å²) in [6.07, 6.45) is 0. The van der Waals surface area contributed by atoms with Gasteiger partial charge in [0, 0.05) is 4.75 Å². The highest BCUT2D eigenvalue weighted by atomic mass is 32.2. The number of hydrogen-bond acceptors (Lipinski definition) is 3. The smallest absolute Gasteiger partial charge is 0.322 e. The summed E-state index contributed by atoms with van der Waals surface area (Å²) in [5, 5.41) is 12.4. The van der Waals surface area contributed by atoms with Crippen LogP contribution in [-0.2, 0) is 4.79 Å². The van der Waals surface area contributed by atoms with Crippen LogP contribution in [0.3, 0.4) is 0 Å². The summed E-state index contributed by atoms with van der Waals surface area (Å²) in [4.78, 5) is 11.2. The van der Waals surface area contributed by atoms with Gasteiger partial charge in [0.1, 0.15) is 6.04 Å². The van der Waals surface area contributed by atoms with Gasteiger partial charge in [0.05, 0.1) is 5.37 Å². The highest BCUT2D eigenvalue weighted by Gasteiger charge is 2.45. The topological polar surface area (TPSA) is 49.3 Å². The first kappa shape index (κ1) is 12.5. The molecule has 2 unspecified atom stereocenters. The third-order valence-electron chi connectivity index (χ3n) is 3.03. The Kier molecular flexibility index (Phi) is 3.19. The lowest BCUT2D eigenvalue weighted by Crippen LogP contribution is -2.43. The molecule has 0 bridgehead atoms. The fourth-order valence-electron chi connectivity index (χ4n) is 2.12. The van der Waals surface area contributed by atoms with Crippen LogP contribution in [0.25, 0.3) is 0 Å². The van der Waals surface area contributed by atoms with Crippen molar-refractivity contribution >= 4 is 17.7 Å². The molecular formula is C13H17NO2S. The number of carboxylic acid groups (broad SMARTS) is 1. The highest BCUT2D eigenvalue weighted by molar-refractivity contribution is 8.01. The Bertz CT molecular complexity index is 445. The van der Waals surface area contributed by atoms with Crippen molar-refractivity contribution in [3.8, 4) is 0 Å². The van der Waals surface area contributed by atoms with Gasteiger partial charge in [-0.2, -0.15) is 0 Å². The third kappa shape index (κ3) is 2.48. The predicted octanol–water partition coefficient (Wildman–Crippen LogP) is 2.56. The van der Waals surface area contributed by atoms with Crippen molar-refractivity contribution in [3.63, 3.8) is 0 Å². The van der Waals surface area contributed by atoms with Crippen LogP contribution in [0, 0.1) is 6.92 Å². The van der Waals surface area contributed by atoms with Crippen molar-refractivity contribution in [1.29, 1.82) is 0 Å². The number of hydrogen-bond donors (Lipinski definition) is 2. The summed E-state index contributed by atoms with van der Waals surface area (Å²) in [5.74, 6) is -0.780.